The molecule has 0 aliphatic heterocycles. The lowest BCUT2D eigenvalue weighted by atomic mass is 10.2. The zero-order chi connectivity index (χ0) is 9.84. The summed E-state index contributed by atoms with van der Waals surface area (Å²) in [6.45, 7) is 2.12. The second-order valence-corrected chi connectivity index (χ2v) is 3.30. The molecule has 0 spiro atoms. The fourth-order valence-corrected chi connectivity index (χ4v) is 1.25. The van der Waals surface area contributed by atoms with Crippen molar-refractivity contribution in [2.24, 2.45) is 0 Å². The van der Waals surface area contributed by atoms with Crippen LogP contribution >= 0.6 is 15.9 Å². The summed E-state index contributed by atoms with van der Waals surface area (Å²) in [6, 6.07) is 4.40. The van der Waals surface area contributed by atoms with Crippen molar-refractivity contribution in [2.75, 3.05) is 6.61 Å². The van der Waals surface area contributed by atoms with Crippen molar-refractivity contribution in [3.63, 3.8) is 0 Å². The molecule has 0 aromatic heterocycles. The molecule has 0 saturated carbocycles. The van der Waals surface area contributed by atoms with E-state index in [0.717, 1.165) is 4.47 Å². The Morgan fingerprint density at radius 2 is 2.31 bits per heavy atom. The molecule has 1 aromatic carbocycles. The van der Waals surface area contributed by atoms with Crippen molar-refractivity contribution in [1.29, 1.82) is 5.41 Å². The third kappa shape index (κ3) is 2.52. The molecule has 0 aliphatic carbocycles. The SMILES string of the molecule is CCOC(=N)c1cc(Br)ccc1F. The first kappa shape index (κ1) is 10.2. The van der Waals surface area contributed by atoms with Gasteiger partial charge in [0.1, 0.15) is 5.82 Å². The maximum Gasteiger partial charge on any atom is 0.216 e. The largest absolute Gasteiger partial charge is 0.478 e. The first-order chi connectivity index (χ1) is 6.15. The molecular formula is C9H9BrFNO. The van der Waals surface area contributed by atoms with Crippen molar-refractivity contribution in [2.45, 2.75) is 6.92 Å². The Morgan fingerprint density at radius 3 is 2.92 bits per heavy atom. The van der Waals surface area contributed by atoms with Crippen LogP contribution in [0.1, 0.15) is 12.5 Å². The van der Waals surface area contributed by atoms with Gasteiger partial charge in [-0.15, -0.1) is 0 Å². The third-order valence-corrected chi connectivity index (χ3v) is 1.95. The van der Waals surface area contributed by atoms with Crippen LogP contribution in [0.3, 0.4) is 0 Å². The minimum absolute atomic E-state index is 0.138. The lowest BCUT2D eigenvalue weighted by Crippen LogP contribution is -2.07. The van der Waals surface area contributed by atoms with Crippen LogP contribution in [-0.4, -0.2) is 12.5 Å². The molecule has 0 fully saturated rings. The fourth-order valence-electron chi connectivity index (χ4n) is 0.894. The van der Waals surface area contributed by atoms with Gasteiger partial charge in [-0.3, -0.25) is 5.41 Å². The van der Waals surface area contributed by atoms with Crippen LogP contribution in [0.4, 0.5) is 4.39 Å². The van der Waals surface area contributed by atoms with Crippen LogP contribution in [0.2, 0.25) is 0 Å². The molecular weight excluding hydrogens is 237 g/mol. The summed E-state index contributed by atoms with van der Waals surface area (Å²) >= 11 is 3.20. The normalized spacial score (nSPS) is 9.77. The van der Waals surface area contributed by atoms with Gasteiger partial charge in [0, 0.05) is 4.47 Å². The fraction of sp³-hybridized carbons (Fsp3) is 0.222. The second kappa shape index (κ2) is 4.37. The highest BCUT2D eigenvalue weighted by atomic mass is 79.9. The smallest absolute Gasteiger partial charge is 0.216 e. The van der Waals surface area contributed by atoms with E-state index in [4.69, 9.17) is 10.1 Å². The summed E-state index contributed by atoms with van der Waals surface area (Å²) < 4.78 is 18.7. The van der Waals surface area contributed by atoms with Crippen LogP contribution in [0.5, 0.6) is 0 Å². The van der Waals surface area contributed by atoms with Gasteiger partial charge in [-0.2, -0.15) is 0 Å². The van der Waals surface area contributed by atoms with Crippen LogP contribution in [-0.2, 0) is 4.74 Å². The van der Waals surface area contributed by atoms with Crippen LogP contribution in [0.25, 0.3) is 0 Å². The van der Waals surface area contributed by atoms with Crippen molar-refractivity contribution < 1.29 is 9.13 Å². The molecule has 0 amide bonds. The molecule has 0 heterocycles. The first-order valence-corrected chi connectivity index (χ1v) is 4.61. The van der Waals surface area contributed by atoms with E-state index in [1.165, 1.54) is 12.1 Å². The standard InChI is InChI=1S/C9H9BrFNO/c1-2-13-9(12)7-5-6(10)3-4-8(7)11/h3-5,12H,2H2,1H3. The predicted octanol–water partition coefficient (Wildman–Crippen LogP) is 2.95. The lowest BCUT2D eigenvalue weighted by Gasteiger charge is -2.05. The number of halogens is 2. The van der Waals surface area contributed by atoms with E-state index >= 15 is 0 Å². The quantitative estimate of drug-likeness (QED) is 0.631. The van der Waals surface area contributed by atoms with Crippen LogP contribution < -0.4 is 0 Å². The number of benzene rings is 1. The van der Waals surface area contributed by atoms with Gasteiger partial charge in [0.15, 0.2) is 0 Å². The molecule has 1 rings (SSSR count). The Balaban J connectivity index is 2.99. The second-order valence-electron chi connectivity index (χ2n) is 2.39. The topological polar surface area (TPSA) is 33.1 Å². The molecule has 0 unspecified atom stereocenters. The Bertz CT molecular complexity index is 327. The van der Waals surface area contributed by atoms with Gasteiger partial charge < -0.3 is 4.74 Å². The molecule has 70 valence electrons. The maximum absolute atomic E-state index is 13.1. The summed E-state index contributed by atoms with van der Waals surface area (Å²) in [5.74, 6) is -0.581. The van der Waals surface area contributed by atoms with Crippen LogP contribution in [0, 0.1) is 11.2 Å². The monoisotopic (exact) mass is 245 g/mol. The van der Waals surface area contributed by atoms with Gasteiger partial charge in [-0.25, -0.2) is 4.39 Å². The van der Waals surface area contributed by atoms with Crippen molar-refractivity contribution in [1.82, 2.24) is 0 Å². The van der Waals surface area contributed by atoms with E-state index < -0.39 is 5.82 Å². The average molecular weight is 246 g/mol. The average Bonchev–Trinajstić information content (AvgIpc) is 2.09. The first-order valence-electron chi connectivity index (χ1n) is 3.82. The lowest BCUT2D eigenvalue weighted by molar-refractivity contribution is 0.324. The minimum Gasteiger partial charge on any atom is -0.478 e. The third-order valence-electron chi connectivity index (χ3n) is 1.46. The number of ether oxygens (including phenoxy) is 1. The molecule has 0 saturated heterocycles. The van der Waals surface area contributed by atoms with Crippen LogP contribution in [0.15, 0.2) is 22.7 Å². The predicted molar refractivity (Wildman–Crippen MR) is 52.6 cm³/mol. The summed E-state index contributed by atoms with van der Waals surface area (Å²) in [5.41, 5.74) is 0.177. The molecule has 0 bridgehead atoms. The number of hydrogen-bond acceptors (Lipinski definition) is 2. The zero-order valence-corrected chi connectivity index (χ0v) is 8.69. The van der Waals surface area contributed by atoms with Gasteiger partial charge in [-0.05, 0) is 25.1 Å². The number of nitrogens with one attached hydrogen (secondary N) is 1. The summed E-state index contributed by atoms with van der Waals surface area (Å²) in [6.07, 6.45) is 0. The number of hydrogen-bond donors (Lipinski definition) is 1. The Hall–Kier alpha value is -0.900. The van der Waals surface area contributed by atoms with E-state index in [-0.39, 0.29) is 11.5 Å². The van der Waals surface area contributed by atoms with E-state index in [9.17, 15) is 4.39 Å². The van der Waals surface area contributed by atoms with Gasteiger partial charge in [0.05, 0.1) is 12.2 Å². The maximum atomic E-state index is 13.1. The highest BCUT2D eigenvalue weighted by Crippen LogP contribution is 2.16. The van der Waals surface area contributed by atoms with E-state index in [0.29, 0.717) is 6.61 Å². The molecule has 1 N–H and O–H groups in total. The van der Waals surface area contributed by atoms with Gasteiger partial charge in [-0.1, -0.05) is 15.9 Å². The van der Waals surface area contributed by atoms with E-state index in [1.807, 2.05) is 0 Å². The van der Waals surface area contributed by atoms with Gasteiger partial charge in [0.2, 0.25) is 5.90 Å². The highest BCUT2D eigenvalue weighted by Gasteiger charge is 2.08. The van der Waals surface area contributed by atoms with Gasteiger partial charge in [0.25, 0.3) is 0 Å². The molecule has 4 heteroatoms. The zero-order valence-electron chi connectivity index (χ0n) is 7.10. The van der Waals surface area contributed by atoms with E-state index in [1.54, 1.807) is 13.0 Å². The Morgan fingerprint density at radius 1 is 1.62 bits per heavy atom. The van der Waals surface area contributed by atoms with Crippen molar-refractivity contribution in [3.05, 3.63) is 34.1 Å². The Labute approximate surface area is 84.4 Å². The van der Waals surface area contributed by atoms with E-state index in [2.05, 4.69) is 15.9 Å². The molecule has 13 heavy (non-hydrogen) atoms. The molecule has 1 aromatic rings. The highest BCUT2D eigenvalue weighted by molar-refractivity contribution is 9.10. The summed E-state index contributed by atoms with van der Waals surface area (Å²) in [5, 5.41) is 7.38. The minimum atomic E-state index is -0.443. The molecule has 0 radical (unpaired) electrons. The molecule has 2 nitrogen and oxygen atoms in total. The van der Waals surface area contributed by atoms with Gasteiger partial charge >= 0.3 is 0 Å². The van der Waals surface area contributed by atoms with Crippen molar-refractivity contribution >= 4 is 21.8 Å². The Kier molecular flexibility index (Phi) is 3.42. The molecule has 0 aliphatic rings. The number of rotatable bonds is 2. The molecule has 0 atom stereocenters. The van der Waals surface area contributed by atoms with Crippen molar-refractivity contribution in [3.8, 4) is 0 Å². The summed E-state index contributed by atoms with van der Waals surface area (Å²) in [4.78, 5) is 0. The summed E-state index contributed by atoms with van der Waals surface area (Å²) in [7, 11) is 0.